The zero-order valence-electron chi connectivity index (χ0n) is 12.4. The van der Waals surface area contributed by atoms with Gasteiger partial charge in [0, 0.05) is 6.04 Å². The molecule has 0 saturated heterocycles. The van der Waals surface area contributed by atoms with Gasteiger partial charge in [0.15, 0.2) is 0 Å². The molecule has 1 aromatic rings. The van der Waals surface area contributed by atoms with E-state index in [9.17, 15) is 9.59 Å². The fourth-order valence-corrected chi connectivity index (χ4v) is 2.72. The van der Waals surface area contributed by atoms with Crippen LogP contribution in [0.2, 0.25) is 0 Å². The summed E-state index contributed by atoms with van der Waals surface area (Å²) in [5.74, 6) is -0.278. The van der Waals surface area contributed by atoms with Crippen LogP contribution < -0.4 is 10.6 Å². The van der Waals surface area contributed by atoms with Crippen molar-refractivity contribution in [2.45, 2.75) is 44.4 Å². The van der Waals surface area contributed by atoms with Crippen molar-refractivity contribution in [3.05, 3.63) is 35.9 Å². The normalized spacial score (nSPS) is 21.0. The molecule has 0 unspecified atom stereocenters. The molecular formula is C16H21ClN2O3. The minimum atomic E-state index is -0.458. The first kappa shape index (κ1) is 16.6. The number of alkyl carbamates (subject to hydrolysis) is 1. The molecule has 0 radical (unpaired) electrons. The van der Waals surface area contributed by atoms with E-state index in [1.807, 2.05) is 30.3 Å². The molecule has 6 heteroatoms. The summed E-state index contributed by atoms with van der Waals surface area (Å²) in [7, 11) is 0. The maximum absolute atomic E-state index is 11.9. The SMILES string of the molecule is O=C(CCl)N[C@@H]1CCCC[C@@H]1NC(=O)OCc1ccccc1. The lowest BCUT2D eigenvalue weighted by atomic mass is 9.90. The van der Waals surface area contributed by atoms with Crippen LogP contribution in [0.3, 0.4) is 0 Å². The smallest absolute Gasteiger partial charge is 0.407 e. The molecule has 0 aliphatic heterocycles. The fourth-order valence-electron chi connectivity index (χ4n) is 2.64. The number of rotatable bonds is 5. The lowest BCUT2D eigenvalue weighted by Gasteiger charge is -2.32. The molecule has 2 amide bonds. The summed E-state index contributed by atoms with van der Waals surface area (Å²) in [5, 5.41) is 5.71. The molecule has 0 aromatic heterocycles. The van der Waals surface area contributed by atoms with E-state index >= 15 is 0 Å². The molecule has 5 nitrogen and oxygen atoms in total. The molecule has 0 spiro atoms. The number of nitrogens with one attached hydrogen (secondary N) is 2. The first-order valence-electron chi connectivity index (χ1n) is 7.51. The third-order valence-corrected chi connectivity index (χ3v) is 3.99. The third-order valence-electron chi connectivity index (χ3n) is 3.75. The van der Waals surface area contributed by atoms with Crippen molar-refractivity contribution in [2.24, 2.45) is 0 Å². The van der Waals surface area contributed by atoms with Gasteiger partial charge in [0.05, 0.1) is 6.04 Å². The zero-order valence-corrected chi connectivity index (χ0v) is 13.1. The molecular weight excluding hydrogens is 304 g/mol. The Kier molecular flexibility index (Phi) is 6.52. The van der Waals surface area contributed by atoms with Gasteiger partial charge in [-0.2, -0.15) is 0 Å². The van der Waals surface area contributed by atoms with Crippen molar-refractivity contribution < 1.29 is 14.3 Å². The Bertz CT molecular complexity index is 495. The van der Waals surface area contributed by atoms with Gasteiger partial charge in [-0.3, -0.25) is 4.79 Å². The molecule has 0 bridgehead atoms. The molecule has 0 heterocycles. The molecule has 2 N–H and O–H groups in total. The summed E-state index contributed by atoms with van der Waals surface area (Å²) in [6.45, 7) is 0.234. The topological polar surface area (TPSA) is 67.4 Å². The van der Waals surface area contributed by atoms with Crippen LogP contribution in [0, 0.1) is 0 Å². The molecule has 120 valence electrons. The number of hydrogen-bond donors (Lipinski definition) is 2. The summed E-state index contributed by atoms with van der Waals surface area (Å²) in [5.41, 5.74) is 0.938. The number of halogens is 1. The average molecular weight is 325 g/mol. The predicted molar refractivity (Wildman–Crippen MR) is 84.7 cm³/mol. The minimum Gasteiger partial charge on any atom is -0.445 e. The minimum absolute atomic E-state index is 0.0678. The quantitative estimate of drug-likeness (QED) is 0.818. The van der Waals surface area contributed by atoms with Crippen LogP contribution in [0.1, 0.15) is 31.2 Å². The van der Waals surface area contributed by atoms with E-state index in [0.29, 0.717) is 0 Å². The van der Waals surface area contributed by atoms with Gasteiger partial charge in [0.2, 0.25) is 5.91 Å². The van der Waals surface area contributed by atoms with Crippen molar-refractivity contribution >= 4 is 23.6 Å². The molecule has 1 saturated carbocycles. The highest BCUT2D eigenvalue weighted by Gasteiger charge is 2.27. The fraction of sp³-hybridized carbons (Fsp3) is 0.500. The second-order valence-electron chi connectivity index (χ2n) is 5.40. The van der Waals surface area contributed by atoms with Crippen molar-refractivity contribution in [1.29, 1.82) is 0 Å². The van der Waals surface area contributed by atoms with Crippen LogP contribution >= 0.6 is 11.6 Å². The zero-order chi connectivity index (χ0) is 15.8. The van der Waals surface area contributed by atoms with Crippen LogP contribution in [0.5, 0.6) is 0 Å². The van der Waals surface area contributed by atoms with Gasteiger partial charge in [-0.05, 0) is 18.4 Å². The summed E-state index contributed by atoms with van der Waals surface area (Å²) < 4.78 is 5.22. The van der Waals surface area contributed by atoms with E-state index < -0.39 is 6.09 Å². The second kappa shape index (κ2) is 8.63. The van der Waals surface area contributed by atoms with Gasteiger partial charge in [0.1, 0.15) is 12.5 Å². The van der Waals surface area contributed by atoms with E-state index in [4.69, 9.17) is 16.3 Å². The molecule has 1 aromatic carbocycles. The van der Waals surface area contributed by atoms with Crippen molar-refractivity contribution in [2.75, 3.05) is 5.88 Å². The predicted octanol–water partition coefficient (Wildman–Crippen LogP) is 2.58. The Hall–Kier alpha value is -1.75. The first-order chi connectivity index (χ1) is 10.7. The summed E-state index contributed by atoms with van der Waals surface area (Å²) >= 11 is 5.52. The Morgan fingerprint density at radius 2 is 1.73 bits per heavy atom. The Labute approximate surface area is 135 Å². The molecule has 1 fully saturated rings. The van der Waals surface area contributed by atoms with Gasteiger partial charge in [0.25, 0.3) is 0 Å². The van der Waals surface area contributed by atoms with Gasteiger partial charge in [-0.15, -0.1) is 11.6 Å². The summed E-state index contributed by atoms with van der Waals surface area (Å²) in [4.78, 5) is 23.3. The number of carbonyl (C=O) groups excluding carboxylic acids is 2. The second-order valence-corrected chi connectivity index (χ2v) is 5.67. The van der Waals surface area contributed by atoms with Gasteiger partial charge in [-0.25, -0.2) is 4.79 Å². The Morgan fingerprint density at radius 3 is 2.36 bits per heavy atom. The van der Waals surface area contributed by atoms with E-state index in [-0.39, 0.29) is 30.5 Å². The van der Waals surface area contributed by atoms with Crippen molar-refractivity contribution in [3.8, 4) is 0 Å². The molecule has 2 rings (SSSR count). The van der Waals surface area contributed by atoms with Crippen LogP contribution in [-0.4, -0.2) is 30.0 Å². The lowest BCUT2D eigenvalue weighted by molar-refractivity contribution is -0.119. The van der Waals surface area contributed by atoms with Crippen molar-refractivity contribution in [3.63, 3.8) is 0 Å². The first-order valence-corrected chi connectivity index (χ1v) is 8.05. The van der Waals surface area contributed by atoms with Crippen LogP contribution in [0.15, 0.2) is 30.3 Å². The lowest BCUT2D eigenvalue weighted by Crippen LogP contribution is -2.53. The number of ether oxygens (including phenoxy) is 1. The molecule has 1 aliphatic rings. The maximum atomic E-state index is 11.9. The molecule has 22 heavy (non-hydrogen) atoms. The number of carbonyl (C=O) groups is 2. The van der Waals surface area contributed by atoms with Crippen LogP contribution in [-0.2, 0) is 16.1 Å². The molecule has 1 aliphatic carbocycles. The number of alkyl halides is 1. The Balaban J connectivity index is 1.81. The van der Waals surface area contributed by atoms with Gasteiger partial charge in [-0.1, -0.05) is 43.2 Å². The monoisotopic (exact) mass is 324 g/mol. The largest absolute Gasteiger partial charge is 0.445 e. The van der Waals surface area contributed by atoms with Gasteiger partial charge >= 0.3 is 6.09 Å². The van der Waals surface area contributed by atoms with E-state index in [2.05, 4.69) is 10.6 Å². The van der Waals surface area contributed by atoms with Crippen LogP contribution in [0.25, 0.3) is 0 Å². The highest BCUT2D eigenvalue weighted by Crippen LogP contribution is 2.19. The molecule has 2 atom stereocenters. The average Bonchev–Trinajstić information content (AvgIpc) is 2.55. The highest BCUT2D eigenvalue weighted by atomic mass is 35.5. The van der Waals surface area contributed by atoms with Gasteiger partial charge < -0.3 is 15.4 Å². The number of amides is 2. The number of hydrogen-bond acceptors (Lipinski definition) is 3. The highest BCUT2D eigenvalue weighted by molar-refractivity contribution is 6.27. The standard InChI is InChI=1S/C16H21ClN2O3/c17-10-15(20)18-13-8-4-5-9-14(13)19-16(21)22-11-12-6-2-1-3-7-12/h1-3,6-7,13-14H,4-5,8-11H2,(H,18,20)(H,19,21)/t13-,14+/m1/s1. The number of benzene rings is 1. The maximum Gasteiger partial charge on any atom is 0.407 e. The van der Waals surface area contributed by atoms with E-state index in [1.54, 1.807) is 0 Å². The summed E-state index contributed by atoms with van der Waals surface area (Å²) in [6.07, 6.45) is 3.27. The Morgan fingerprint density at radius 1 is 1.09 bits per heavy atom. The third kappa shape index (κ3) is 5.22. The summed E-state index contributed by atoms with van der Waals surface area (Å²) in [6, 6.07) is 9.32. The van der Waals surface area contributed by atoms with Crippen LogP contribution in [0.4, 0.5) is 4.79 Å². The van der Waals surface area contributed by atoms with E-state index in [0.717, 1.165) is 31.2 Å². The van der Waals surface area contributed by atoms with E-state index in [1.165, 1.54) is 0 Å². The van der Waals surface area contributed by atoms with Crippen molar-refractivity contribution in [1.82, 2.24) is 10.6 Å².